The lowest BCUT2D eigenvalue weighted by Gasteiger charge is -2.29. The number of rotatable bonds is 2. The number of hydrogen-bond donors (Lipinski definition) is 2. The zero-order valence-electron chi connectivity index (χ0n) is 15.9. The van der Waals surface area contributed by atoms with Gasteiger partial charge in [0.05, 0.1) is 35.4 Å². The SMILES string of the molecule is CS(=O)(=O)N1CCc2c(c(-c3cn[nH]c3C(F)(F)F)nc3c(F)cc4[nH]ncc4c23)C1. The van der Waals surface area contributed by atoms with Crippen molar-refractivity contribution in [2.45, 2.75) is 19.1 Å². The van der Waals surface area contributed by atoms with Gasteiger partial charge in [0.2, 0.25) is 10.0 Å². The topological polar surface area (TPSA) is 108 Å². The van der Waals surface area contributed by atoms with Crippen molar-refractivity contribution < 1.29 is 26.0 Å². The van der Waals surface area contributed by atoms with Crippen LogP contribution in [0.2, 0.25) is 0 Å². The van der Waals surface area contributed by atoms with Gasteiger partial charge in [-0.2, -0.15) is 27.7 Å². The minimum atomic E-state index is -4.76. The third kappa shape index (κ3) is 3.07. The van der Waals surface area contributed by atoms with Crippen molar-refractivity contribution in [3.8, 4) is 11.3 Å². The molecule has 0 unspecified atom stereocenters. The smallest absolute Gasteiger partial charge is 0.278 e. The van der Waals surface area contributed by atoms with Gasteiger partial charge in [-0.3, -0.25) is 10.2 Å². The molecule has 0 aliphatic carbocycles. The molecular weight excluding hydrogens is 440 g/mol. The van der Waals surface area contributed by atoms with Gasteiger partial charge in [-0.05, 0) is 17.5 Å². The van der Waals surface area contributed by atoms with Crippen LogP contribution in [0.4, 0.5) is 17.6 Å². The minimum absolute atomic E-state index is 0.107. The molecule has 3 aromatic heterocycles. The summed E-state index contributed by atoms with van der Waals surface area (Å²) in [4.78, 5) is 4.25. The second kappa shape index (κ2) is 6.47. The van der Waals surface area contributed by atoms with E-state index in [-0.39, 0.29) is 41.8 Å². The van der Waals surface area contributed by atoms with Crippen LogP contribution in [0.25, 0.3) is 33.1 Å². The fraction of sp³-hybridized carbons (Fsp3) is 0.278. The Morgan fingerprint density at radius 2 is 1.87 bits per heavy atom. The first-order valence-electron chi connectivity index (χ1n) is 9.09. The lowest BCUT2D eigenvalue weighted by atomic mass is 9.91. The first kappa shape index (κ1) is 19.9. The van der Waals surface area contributed by atoms with Gasteiger partial charge in [-0.25, -0.2) is 17.8 Å². The monoisotopic (exact) mass is 454 g/mol. The van der Waals surface area contributed by atoms with E-state index in [1.165, 1.54) is 12.3 Å². The number of nitrogens with one attached hydrogen (secondary N) is 2. The lowest BCUT2D eigenvalue weighted by molar-refractivity contribution is -0.140. The van der Waals surface area contributed by atoms with Gasteiger partial charge in [0.15, 0.2) is 5.82 Å². The Morgan fingerprint density at radius 1 is 1.13 bits per heavy atom. The van der Waals surface area contributed by atoms with Crippen LogP contribution < -0.4 is 0 Å². The number of pyridine rings is 1. The van der Waals surface area contributed by atoms with E-state index in [1.807, 2.05) is 5.10 Å². The van der Waals surface area contributed by atoms with Crippen molar-refractivity contribution in [3.63, 3.8) is 0 Å². The molecule has 1 aliphatic rings. The highest BCUT2D eigenvalue weighted by molar-refractivity contribution is 7.88. The van der Waals surface area contributed by atoms with Crippen LogP contribution in [0.1, 0.15) is 16.8 Å². The predicted molar refractivity (Wildman–Crippen MR) is 103 cm³/mol. The number of hydrogen-bond acceptors (Lipinski definition) is 5. The Morgan fingerprint density at radius 3 is 2.58 bits per heavy atom. The van der Waals surface area contributed by atoms with Crippen molar-refractivity contribution in [3.05, 3.63) is 41.1 Å². The normalized spacial score (nSPS) is 15.6. The number of H-pyrrole nitrogens is 2. The maximum absolute atomic E-state index is 14.9. The molecule has 4 aromatic rings. The summed E-state index contributed by atoms with van der Waals surface area (Å²) in [6, 6.07) is 1.18. The Labute approximate surface area is 172 Å². The number of sulfonamides is 1. The van der Waals surface area contributed by atoms with E-state index in [0.717, 1.165) is 16.8 Å². The molecule has 1 aromatic carbocycles. The van der Waals surface area contributed by atoms with Gasteiger partial charge in [0, 0.05) is 29.9 Å². The van der Waals surface area contributed by atoms with E-state index < -0.39 is 27.7 Å². The van der Waals surface area contributed by atoms with E-state index in [2.05, 4.69) is 20.3 Å². The van der Waals surface area contributed by atoms with Crippen LogP contribution in [0.5, 0.6) is 0 Å². The zero-order valence-corrected chi connectivity index (χ0v) is 16.7. The molecule has 0 atom stereocenters. The van der Waals surface area contributed by atoms with Gasteiger partial charge in [0.25, 0.3) is 0 Å². The number of halogens is 4. The predicted octanol–water partition coefficient (Wildman–Crippen LogP) is 2.98. The summed E-state index contributed by atoms with van der Waals surface area (Å²) in [6.45, 7) is -0.0808. The average Bonchev–Trinajstić information content (AvgIpc) is 3.35. The third-order valence-electron chi connectivity index (χ3n) is 5.44. The van der Waals surface area contributed by atoms with Gasteiger partial charge < -0.3 is 0 Å². The molecule has 0 saturated heterocycles. The maximum Gasteiger partial charge on any atom is 0.433 e. The van der Waals surface area contributed by atoms with Crippen LogP contribution in [0.15, 0.2) is 18.5 Å². The fourth-order valence-corrected chi connectivity index (χ4v) is 4.85. The molecule has 0 bridgehead atoms. The third-order valence-corrected chi connectivity index (χ3v) is 6.69. The zero-order chi connectivity index (χ0) is 22.1. The molecule has 4 heterocycles. The van der Waals surface area contributed by atoms with E-state index >= 15 is 0 Å². The first-order valence-corrected chi connectivity index (χ1v) is 10.9. The van der Waals surface area contributed by atoms with Crippen LogP contribution in [0, 0.1) is 5.82 Å². The van der Waals surface area contributed by atoms with E-state index in [4.69, 9.17) is 0 Å². The summed E-state index contributed by atoms with van der Waals surface area (Å²) in [5.74, 6) is -0.724. The van der Waals surface area contributed by atoms with Gasteiger partial charge in [-0.15, -0.1) is 0 Å². The number of fused-ring (bicyclic) bond motifs is 5. The van der Waals surface area contributed by atoms with Gasteiger partial charge in [0.1, 0.15) is 11.2 Å². The average molecular weight is 454 g/mol. The fourth-order valence-electron chi connectivity index (χ4n) is 4.06. The van der Waals surface area contributed by atoms with E-state index in [0.29, 0.717) is 21.9 Å². The van der Waals surface area contributed by atoms with Crippen LogP contribution in [-0.2, 0) is 29.2 Å². The first-order chi connectivity index (χ1) is 14.6. The number of nitrogens with zero attached hydrogens (tertiary/aromatic N) is 4. The van der Waals surface area contributed by atoms with Crippen molar-refractivity contribution in [1.82, 2.24) is 29.7 Å². The van der Waals surface area contributed by atoms with Gasteiger partial charge >= 0.3 is 6.18 Å². The quantitative estimate of drug-likeness (QED) is 0.453. The molecular formula is C18H14F4N6O2S. The molecule has 0 radical (unpaired) electrons. The molecule has 0 amide bonds. The van der Waals surface area contributed by atoms with E-state index in [9.17, 15) is 26.0 Å². The van der Waals surface area contributed by atoms with Crippen LogP contribution in [0.3, 0.4) is 0 Å². The summed E-state index contributed by atoms with van der Waals surface area (Å²) in [6.07, 6.45) is -1.10. The van der Waals surface area contributed by atoms with Crippen molar-refractivity contribution in [1.29, 1.82) is 0 Å². The highest BCUT2D eigenvalue weighted by Crippen LogP contribution is 2.41. The van der Waals surface area contributed by atoms with Crippen molar-refractivity contribution in [2.24, 2.45) is 0 Å². The number of alkyl halides is 3. The molecule has 2 N–H and O–H groups in total. The van der Waals surface area contributed by atoms with Crippen molar-refractivity contribution >= 4 is 31.8 Å². The van der Waals surface area contributed by atoms with E-state index in [1.54, 1.807) is 0 Å². The van der Waals surface area contributed by atoms with Gasteiger partial charge in [-0.1, -0.05) is 0 Å². The molecule has 0 fully saturated rings. The molecule has 31 heavy (non-hydrogen) atoms. The molecule has 5 rings (SSSR count). The van der Waals surface area contributed by atoms with Crippen molar-refractivity contribution in [2.75, 3.05) is 12.8 Å². The Kier molecular flexibility index (Phi) is 4.15. The standard InChI is InChI=1S/C18H14F4N6O2S/c1-31(29,30)28-3-2-8-11(7-28)15(10-6-24-27-17(10)18(20,21)22)25-16-12(19)4-13-9(14(8)16)5-23-26-13/h4-6H,2-3,7H2,1H3,(H,23,26)(H,24,27). The maximum atomic E-state index is 14.9. The summed E-state index contributed by atoms with van der Waals surface area (Å²) in [5, 5.41) is 13.0. The summed E-state index contributed by atoms with van der Waals surface area (Å²) >= 11 is 0. The van der Waals surface area contributed by atoms with Crippen LogP contribution >= 0.6 is 0 Å². The Hall–Kier alpha value is -3.06. The van der Waals surface area contributed by atoms with Crippen LogP contribution in [-0.4, -0.2) is 50.9 Å². The second-order valence-corrected chi connectivity index (χ2v) is 9.32. The Balaban J connectivity index is 1.89. The summed E-state index contributed by atoms with van der Waals surface area (Å²) < 4.78 is 81.0. The highest BCUT2D eigenvalue weighted by Gasteiger charge is 2.38. The highest BCUT2D eigenvalue weighted by atomic mass is 32.2. The summed E-state index contributed by atoms with van der Waals surface area (Å²) in [5.41, 5.74) is -0.533. The summed E-state index contributed by atoms with van der Waals surface area (Å²) in [7, 11) is -3.62. The minimum Gasteiger partial charge on any atom is -0.278 e. The second-order valence-electron chi connectivity index (χ2n) is 7.33. The largest absolute Gasteiger partial charge is 0.433 e. The number of benzene rings is 1. The molecule has 162 valence electrons. The molecule has 0 spiro atoms. The number of aromatic amines is 2. The molecule has 1 aliphatic heterocycles. The number of aromatic nitrogens is 5. The molecule has 13 heteroatoms. The molecule has 8 nitrogen and oxygen atoms in total. The molecule has 0 saturated carbocycles. The Bertz CT molecular complexity index is 1460. The lowest BCUT2D eigenvalue weighted by Crippen LogP contribution is -2.35.